The van der Waals surface area contributed by atoms with Crippen molar-refractivity contribution in [2.24, 2.45) is 5.10 Å². The van der Waals surface area contributed by atoms with Crippen molar-refractivity contribution in [1.29, 1.82) is 5.26 Å². The minimum atomic E-state index is 0.300. The maximum absolute atomic E-state index is 8.66. The Labute approximate surface area is 109 Å². The SMILES string of the molecule is N#Cc1ccc(/C=N/Nc2cncc(Cl)n2)cc1. The molecule has 1 aromatic carbocycles. The van der Waals surface area contributed by atoms with E-state index in [2.05, 4.69) is 20.5 Å². The Hall–Kier alpha value is -2.45. The zero-order chi connectivity index (χ0) is 12.8. The molecule has 0 saturated heterocycles. The van der Waals surface area contributed by atoms with Gasteiger partial charge in [-0.05, 0) is 17.7 Å². The van der Waals surface area contributed by atoms with Crippen molar-refractivity contribution < 1.29 is 0 Å². The molecule has 0 unspecified atom stereocenters. The van der Waals surface area contributed by atoms with E-state index in [9.17, 15) is 0 Å². The summed E-state index contributed by atoms with van der Waals surface area (Å²) >= 11 is 5.68. The second kappa shape index (κ2) is 5.75. The lowest BCUT2D eigenvalue weighted by molar-refractivity contribution is 1.16. The molecule has 6 heteroatoms. The number of aromatic nitrogens is 2. The summed E-state index contributed by atoms with van der Waals surface area (Å²) in [5, 5.41) is 12.9. The van der Waals surface area contributed by atoms with Gasteiger partial charge in [-0.1, -0.05) is 23.7 Å². The average Bonchev–Trinajstić information content (AvgIpc) is 2.40. The Balaban J connectivity index is 2.01. The maximum Gasteiger partial charge on any atom is 0.166 e. The molecule has 2 aromatic rings. The standard InChI is InChI=1S/C12H8ClN5/c13-11-7-15-8-12(17-11)18-16-6-10-3-1-9(5-14)2-4-10/h1-4,6-8H,(H,17,18)/b16-6+. The van der Waals surface area contributed by atoms with Gasteiger partial charge < -0.3 is 0 Å². The van der Waals surface area contributed by atoms with Crippen LogP contribution in [0.4, 0.5) is 5.82 Å². The van der Waals surface area contributed by atoms with Gasteiger partial charge in [0.25, 0.3) is 0 Å². The third kappa shape index (κ3) is 3.27. The fourth-order valence-electron chi connectivity index (χ4n) is 1.21. The van der Waals surface area contributed by atoms with E-state index in [1.54, 1.807) is 30.5 Å². The quantitative estimate of drug-likeness (QED) is 0.677. The van der Waals surface area contributed by atoms with Crippen LogP contribution in [0.3, 0.4) is 0 Å². The summed E-state index contributed by atoms with van der Waals surface area (Å²) in [5.74, 6) is 0.465. The van der Waals surface area contributed by atoms with Crippen LogP contribution in [0.1, 0.15) is 11.1 Å². The number of hydrazone groups is 1. The lowest BCUT2D eigenvalue weighted by atomic mass is 10.2. The van der Waals surface area contributed by atoms with E-state index in [-0.39, 0.29) is 0 Å². The first-order chi connectivity index (χ1) is 8.78. The molecule has 5 nitrogen and oxygen atoms in total. The molecule has 0 atom stereocenters. The van der Waals surface area contributed by atoms with Crippen LogP contribution >= 0.6 is 11.6 Å². The Kier molecular flexibility index (Phi) is 3.84. The number of nitriles is 1. The molecule has 0 radical (unpaired) electrons. The molecule has 0 bridgehead atoms. The molecule has 88 valence electrons. The van der Waals surface area contributed by atoms with E-state index in [1.165, 1.54) is 12.4 Å². The third-order valence-corrected chi connectivity index (χ3v) is 2.22. The molecule has 0 aliphatic carbocycles. The number of hydrogen-bond acceptors (Lipinski definition) is 5. The molecule has 0 aliphatic rings. The molecule has 1 aromatic heterocycles. The molecular weight excluding hydrogens is 250 g/mol. The number of anilines is 1. The molecule has 0 fully saturated rings. The number of nitrogens with one attached hydrogen (secondary N) is 1. The first kappa shape index (κ1) is 12.0. The zero-order valence-corrected chi connectivity index (χ0v) is 9.96. The highest BCUT2D eigenvalue weighted by molar-refractivity contribution is 6.29. The minimum absolute atomic E-state index is 0.300. The van der Waals surface area contributed by atoms with Gasteiger partial charge >= 0.3 is 0 Å². The summed E-state index contributed by atoms with van der Waals surface area (Å²) in [6.07, 6.45) is 4.57. The van der Waals surface area contributed by atoms with Crippen LogP contribution in [0.5, 0.6) is 0 Å². The zero-order valence-electron chi connectivity index (χ0n) is 9.21. The lowest BCUT2D eigenvalue weighted by Gasteiger charge is -1.98. The van der Waals surface area contributed by atoms with Gasteiger partial charge in [-0.15, -0.1) is 0 Å². The fraction of sp³-hybridized carbons (Fsp3) is 0. The van der Waals surface area contributed by atoms with Gasteiger partial charge in [-0.2, -0.15) is 10.4 Å². The molecule has 1 N–H and O–H groups in total. The average molecular weight is 258 g/mol. The third-order valence-electron chi connectivity index (χ3n) is 2.04. The number of hydrogen-bond donors (Lipinski definition) is 1. The molecular formula is C12H8ClN5. The van der Waals surface area contributed by atoms with Crippen LogP contribution in [-0.4, -0.2) is 16.2 Å². The van der Waals surface area contributed by atoms with E-state index >= 15 is 0 Å². The predicted octanol–water partition coefficient (Wildman–Crippen LogP) is 2.45. The summed E-state index contributed by atoms with van der Waals surface area (Å²) in [4.78, 5) is 7.83. The molecule has 2 rings (SSSR count). The van der Waals surface area contributed by atoms with Crippen LogP contribution in [-0.2, 0) is 0 Å². The van der Waals surface area contributed by atoms with Crippen molar-refractivity contribution in [3.8, 4) is 6.07 Å². The monoisotopic (exact) mass is 257 g/mol. The van der Waals surface area contributed by atoms with Gasteiger partial charge in [0.05, 0.1) is 30.2 Å². The van der Waals surface area contributed by atoms with Crippen molar-refractivity contribution in [2.45, 2.75) is 0 Å². The molecule has 0 spiro atoms. The Morgan fingerprint density at radius 3 is 2.72 bits per heavy atom. The van der Waals surface area contributed by atoms with Crippen LogP contribution in [0.2, 0.25) is 5.15 Å². The molecule has 0 saturated carbocycles. The molecule has 1 heterocycles. The van der Waals surface area contributed by atoms with Crippen LogP contribution in [0.25, 0.3) is 0 Å². The first-order valence-electron chi connectivity index (χ1n) is 5.05. The van der Waals surface area contributed by atoms with Gasteiger partial charge in [0.1, 0.15) is 5.15 Å². The highest BCUT2D eigenvalue weighted by Crippen LogP contribution is 2.06. The summed E-state index contributed by atoms with van der Waals surface area (Å²) in [7, 11) is 0. The lowest BCUT2D eigenvalue weighted by Crippen LogP contribution is -1.94. The van der Waals surface area contributed by atoms with Crippen molar-refractivity contribution in [2.75, 3.05) is 5.43 Å². The fourth-order valence-corrected chi connectivity index (χ4v) is 1.36. The largest absolute Gasteiger partial charge is 0.260 e. The number of nitrogens with zero attached hydrogens (tertiary/aromatic N) is 4. The van der Waals surface area contributed by atoms with E-state index < -0.39 is 0 Å². The van der Waals surface area contributed by atoms with Crippen molar-refractivity contribution in [3.05, 3.63) is 52.9 Å². The van der Waals surface area contributed by atoms with Crippen molar-refractivity contribution >= 4 is 23.6 Å². The summed E-state index contributed by atoms with van der Waals surface area (Å²) < 4.78 is 0. The van der Waals surface area contributed by atoms with Crippen molar-refractivity contribution in [1.82, 2.24) is 9.97 Å². The summed E-state index contributed by atoms with van der Waals surface area (Å²) in [6, 6.07) is 9.09. The number of rotatable bonds is 3. The van der Waals surface area contributed by atoms with Crippen molar-refractivity contribution in [3.63, 3.8) is 0 Å². The second-order valence-corrected chi connectivity index (χ2v) is 3.72. The predicted molar refractivity (Wildman–Crippen MR) is 69.4 cm³/mol. The molecule has 18 heavy (non-hydrogen) atoms. The topological polar surface area (TPSA) is 74.0 Å². The molecule has 0 amide bonds. The smallest absolute Gasteiger partial charge is 0.166 e. The summed E-state index contributed by atoms with van der Waals surface area (Å²) in [6.45, 7) is 0. The number of benzene rings is 1. The maximum atomic E-state index is 8.66. The summed E-state index contributed by atoms with van der Waals surface area (Å²) in [5.41, 5.74) is 4.19. The Morgan fingerprint density at radius 2 is 2.06 bits per heavy atom. The second-order valence-electron chi connectivity index (χ2n) is 3.33. The van der Waals surface area contributed by atoms with Gasteiger partial charge in [-0.25, -0.2) is 4.98 Å². The Bertz CT molecular complexity index is 601. The highest BCUT2D eigenvalue weighted by atomic mass is 35.5. The van der Waals surface area contributed by atoms with Crippen LogP contribution in [0.15, 0.2) is 41.8 Å². The van der Waals surface area contributed by atoms with E-state index in [0.717, 1.165) is 5.56 Å². The van der Waals surface area contributed by atoms with E-state index in [4.69, 9.17) is 16.9 Å². The first-order valence-corrected chi connectivity index (χ1v) is 5.42. The highest BCUT2D eigenvalue weighted by Gasteiger charge is 1.94. The van der Waals surface area contributed by atoms with Crippen LogP contribution < -0.4 is 5.43 Å². The molecule has 0 aliphatic heterocycles. The van der Waals surface area contributed by atoms with Gasteiger partial charge in [-0.3, -0.25) is 10.4 Å². The van der Waals surface area contributed by atoms with Crippen LogP contribution in [0, 0.1) is 11.3 Å². The normalized spacial score (nSPS) is 10.2. The Morgan fingerprint density at radius 1 is 1.28 bits per heavy atom. The van der Waals surface area contributed by atoms with Gasteiger partial charge in [0, 0.05) is 0 Å². The number of halogens is 1. The minimum Gasteiger partial charge on any atom is -0.260 e. The van der Waals surface area contributed by atoms with E-state index in [1.807, 2.05) is 6.07 Å². The van der Waals surface area contributed by atoms with Gasteiger partial charge in [0.2, 0.25) is 0 Å². The van der Waals surface area contributed by atoms with Gasteiger partial charge in [0.15, 0.2) is 5.82 Å². The van der Waals surface area contributed by atoms with E-state index in [0.29, 0.717) is 16.5 Å².